The summed E-state index contributed by atoms with van der Waals surface area (Å²) in [4.78, 5) is 12.3. The summed E-state index contributed by atoms with van der Waals surface area (Å²) in [6, 6.07) is 5.70. The van der Waals surface area contributed by atoms with Gasteiger partial charge < -0.3 is 14.8 Å². The molecule has 25 heavy (non-hydrogen) atoms. The normalized spacial score (nSPS) is 14.8. The number of hydrogen-bond acceptors (Lipinski definition) is 7. The number of ether oxygens (including phenoxy) is 2. The zero-order valence-electron chi connectivity index (χ0n) is 14.4. The molecule has 1 heterocycles. The van der Waals surface area contributed by atoms with Gasteiger partial charge in [0.2, 0.25) is 11.1 Å². The molecule has 1 fully saturated rings. The second kappa shape index (κ2) is 7.73. The van der Waals surface area contributed by atoms with E-state index < -0.39 is 0 Å². The van der Waals surface area contributed by atoms with Gasteiger partial charge in [-0.05, 0) is 48.4 Å². The van der Waals surface area contributed by atoms with E-state index in [2.05, 4.69) is 20.8 Å². The summed E-state index contributed by atoms with van der Waals surface area (Å²) in [6.07, 6.45) is 2.19. The van der Waals surface area contributed by atoms with Crippen molar-refractivity contribution < 1.29 is 14.3 Å². The Hall–Kier alpha value is -2.29. The second-order valence-electron chi connectivity index (χ2n) is 5.82. The van der Waals surface area contributed by atoms with Gasteiger partial charge in [-0.1, -0.05) is 11.8 Å². The molecule has 2 aromatic rings. The van der Waals surface area contributed by atoms with Gasteiger partial charge in [0.25, 0.3) is 0 Å². The van der Waals surface area contributed by atoms with Crippen LogP contribution in [-0.2, 0) is 4.79 Å². The van der Waals surface area contributed by atoms with Crippen LogP contribution < -0.4 is 14.8 Å². The number of aromatic nitrogens is 4. The Morgan fingerprint density at radius 1 is 1.40 bits per heavy atom. The summed E-state index contributed by atoms with van der Waals surface area (Å²) in [6.45, 7) is 1.91. The maximum atomic E-state index is 12.3. The lowest BCUT2D eigenvalue weighted by Crippen LogP contribution is -2.28. The van der Waals surface area contributed by atoms with Crippen molar-refractivity contribution in [3.05, 3.63) is 23.8 Å². The zero-order chi connectivity index (χ0) is 17.8. The van der Waals surface area contributed by atoms with Crippen LogP contribution in [0.2, 0.25) is 0 Å². The first kappa shape index (κ1) is 17.5. The number of methoxy groups -OCH3 is 2. The van der Waals surface area contributed by atoms with Crippen molar-refractivity contribution in [1.29, 1.82) is 0 Å². The molecule has 1 N–H and O–H groups in total. The number of thioether (sulfide) groups is 1. The van der Waals surface area contributed by atoms with Crippen molar-refractivity contribution in [3.63, 3.8) is 0 Å². The summed E-state index contributed by atoms with van der Waals surface area (Å²) in [7, 11) is 3.21. The average Bonchev–Trinajstić information content (AvgIpc) is 3.37. The SMILES string of the molecule is COc1ccc(OC)c([C@H](C)NC(=O)CSc2nnnn2C2CC2)c1. The van der Waals surface area contributed by atoms with E-state index in [1.807, 2.05) is 25.1 Å². The average molecular weight is 363 g/mol. The van der Waals surface area contributed by atoms with Gasteiger partial charge in [-0.15, -0.1) is 5.10 Å². The smallest absolute Gasteiger partial charge is 0.230 e. The lowest BCUT2D eigenvalue weighted by atomic mass is 10.1. The molecule has 1 aromatic heterocycles. The molecular formula is C16H21N5O3S. The molecule has 0 radical (unpaired) electrons. The highest BCUT2D eigenvalue weighted by atomic mass is 32.2. The first-order valence-electron chi connectivity index (χ1n) is 8.04. The van der Waals surface area contributed by atoms with Gasteiger partial charge in [0, 0.05) is 5.56 Å². The van der Waals surface area contributed by atoms with Crippen LogP contribution >= 0.6 is 11.8 Å². The van der Waals surface area contributed by atoms with Crippen molar-refractivity contribution in [3.8, 4) is 11.5 Å². The standard InChI is InChI=1S/C16H21N5O3S/c1-10(13-8-12(23-2)6-7-14(13)24-3)17-15(22)9-25-16-18-19-20-21(16)11-4-5-11/h6-8,10-11H,4-5,9H2,1-3H3,(H,17,22)/t10-/m0/s1. The molecule has 0 saturated heterocycles. The molecule has 8 nitrogen and oxygen atoms in total. The van der Waals surface area contributed by atoms with Crippen LogP contribution in [0.15, 0.2) is 23.4 Å². The van der Waals surface area contributed by atoms with Crippen molar-refractivity contribution in [1.82, 2.24) is 25.5 Å². The first-order valence-corrected chi connectivity index (χ1v) is 9.03. The number of rotatable bonds is 8. The van der Waals surface area contributed by atoms with Crippen molar-refractivity contribution in [2.45, 2.75) is 37.0 Å². The lowest BCUT2D eigenvalue weighted by Gasteiger charge is -2.18. The molecular weight excluding hydrogens is 342 g/mol. The quantitative estimate of drug-likeness (QED) is 0.717. The molecule has 1 saturated carbocycles. The Bertz CT molecular complexity index is 747. The van der Waals surface area contributed by atoms with Crippen molar-refractivity contribution in [2.75, 3.05) is 20.0 Å². The Labute approximate surface area is 150 Å². The highest BCUT2D eigenvalue weighted by Crippen LogP contribution is 2.36. The van der Waals surface area contributed by atoms with Crippen LogP contribution in [0, 0.1) is 0 Å². The van der Waals surface area contributed by atoms with Gasteiger partial charge in [-0.3, -0.25) is 4.79 Å². The van der Waals surface area contributed by atoms with E-state index >= 15 is 0 Å². The number of carbonyl (C=O) groups is 1. The van der Waals surface area contributed by atoms with Crippen LogP contribution in [0.25, 0.3) is 0 Å². The van der Waals surface area contributed by atoms with Gasteiger partial charge in [0.1, 0.15) is 11.5 Å². The van der Waals surface area contributed by atoms with E-state index in [0.29, 0.717) is 16.9 Å². The summed E-state index contributed by atoms with van der Waals surface area (Å²) in [5, 5.41) is 15.3. The second-order valence-corrected chi connectivity index (χ2v) is 6.77. The Kier molecular flexibility index (Phi) is 5.42. The van der Waals surface area contributed by atoms with Crippen LogP contribution in [-0.4, -0.2) is 46.1 Å². The van der Waals surface area contributed by atoms with Gasteiger partial charge in [0.15, 0.2) is 0 Å². The highest BCUT2D eigenvalue weighted by Gasteiger charge is 2.28. The Morgan fingerprint density at radius 3 is 2.88 bits per heavy atom. The minimum absolute atomic E-state index is 0.0901. The minimum atomic E-state index is -0.211. The van der Waals surface area contributed by atoms with Gasteiger partial charge in [-0.25, -0.2) is 4.68 Å². The maximum absolute atomic E-state index is 12.3. The predicted octanol–water partition coefficient (Wildman–Crippen LogP) is 1.99. The van der Waals surface area contributed by atoms with Crippen LogP contribution in [0.1, 0.15) is 37.4 Å². The topological polar surface area (TPSA) is 91.2 Å². The van der Waals surface area contributed by atoms with Crippen molar-refractivity contribution in [2.24, 2.45) is 0 Å². The molecule has 0 unspecified atom stereocenters. The summed E-state index contributed by atoms with van der Waals surface area (Å²) in [5.74, 6) is 1.59. The third kappa shape index (κ3) is 4.22. The molecule has 1 atom stereocenters. The van der Waals surface area contributed by atoms with E-state index in [-0.39, 0.29) is 17.7 Å². The number of tetrazole rings is 1. The Balaban J connectivity index is 1.59. The monoisotopic (exact) mass is 363 g/mol. The zero-order valence-corrected chi connectivity index (χ0v) is 15.2. The van der Waals surface area contributed by atoms with Crippen LogP contribution in [0.3, 0.4) is 0 Å². The molecule has 134 valence electrons. The van der Waals surface area contributed by atoms with Gasteiger partial charge in [0.05, 0.1) is 32.1 Å². The van der Waals surface area contributed by atoms with Crippen molar-refractivity contribution >= 4 is 17.7 Å². The molecule has 1 aromatic carbocycles. The summed E-state index contributed by atoms with van der Waals surface area (Å²) >= 11 is 1.34. The van der Waals surface area contributed by atoms with E-state index in [0.717, 1.165) is 24.2 Å². The number of benzene rings is 1. The molecule has 0 bridgehead atoms. The highest BCUT2D eigenvalue weighted by molar-refractivity contribution is 7.99. The summed E-state index contributed by atoms with van der Waals surface area (Å²) < 4.78 is 12.4. The molecule has 3 rings (SSSR count). The number of hydrogen-bond donors (Lipinski definition) is 1. The third-order valence-electron chi connectivity index (χ3n) is 3.97. The fourth-order valence-electron chi connectivity index (χ4n) is 2.50. The number of nitrogens with zero attached hydrogens (tertiary/aromatic N) is 4. The first-order chi connectivity index (χ1) is 12.1. The van der Waals surface area contributed by atoms with E-state index in [9.17, 15) is 4.79 Å². The van der Waals surface area contributed by atoms with E-state index in [4.69, 9.17) is 9.47 Å². The van der Waals surface area contributed by atoms with E-state index in [1.54, 1.807) is 18.9 Å². The molecule has 9 heteroatoms. The largest absolute Gasteiger partial charge is 0.497 e. The molecule has 1 aliphatic rings. The fraction of sp³-hybridized carbons (Fsp3) is 0.500. The molecule has 1 aliphatic carbocycles. The van der Waals surface area contributed by atoms with Gasteiger partial charge in [-0.2, -0.15) is 0 Å². The lowest BCUT2D eigenvalue weighted by molar-refractivity contribution is -0.119. The summed E-state index contributed by atoms with van der Waals surface area (Å²) in [5.41, 5.74) is 0.864. The fourth-order valence-corrected chi connectivity index (χ4v) is 3.25. The number of carbonyl (C=O) groups excluding carboxylic acids is 1. The maximum Gasteiger partial charge on any atom is 0.230 e. The third-order valence-corrected chi connectivity index (χ3v) is 4.90. The van der Waals surface area contributed by atoms with Gasteiger partial charge >= 0.3 is 0 Å². The van der Waals surface area contributed by atoms with E-state index in [1.165, 1.54) is 11.8 Å². The molecule has 1 amide bonds. The Morgan fingerprint density at radius 2 is 2.20 bits per heavy atom. The minimum Gasteiger partial charge on any atom is -0.497 e. The number of nitrogens with one attached hydrogen (secondary N) is 1. The van der Waals surface area contributed by atoms with Crippen LogP contribution in [0.5, 0.6) is 11.5 Å². The molecule has 0 aliphatic heterocycles. The number of amides is 1. The predicted molar refractivity (Wildman–Crippen MR) is 92.9 cm³/mol. The molecule has 0 spiro atoms. The van der Waals surface area contributed by atoms with Crippen LogP contribution in [0.4, 0.5) is 0 Å².